The van der Waals surface area contributed by atoms with Gasteiger partial charge in [0, 0.05) is 13.8 Å². The minimum absolute atomic E-state index is 0.808. The van der Waals surface area contributed by atoms with Crippen LogP contribution in [0.2, 0.25) is 0 Å². The van der Waals surface area contributed by atoms with Crippen molar-refractivity contribution < 1.29 is 22.1 Å². The minimum atomic E-state index is -4.41. The third-order valence-electron chi connectivity index (χ3n) is 1.40. The van der Waals surface area contributed by atoms with Crippen LogP contribution in [0.25, 0.3) is 0 Å². The Morgan fingerprint density at radius 3 is 1.86 bits per heavy atom. The fourth-order valence-corrected chi connectivity index (χ4v) is 1.55. The zero-order chi connectivity index (χ0) is 11.4. The van der Waals surface area contributed by atoms with Gasteiger partial charge in [-0.05, 0) is 6.92 Å². The molecule has 1 N–H and O–H groups in total. The van der Waals surface area contributed by atoms with Gasteiger partial charge < -0.3 is 4.55 Å². The van der Waals surface area contributed by atoms with Crippen LogP contribution < -0.4 is 4.98 Å². The molecular formula is C7H13NO4S2. The van der Waals surface area contributed by atoms with Gasteiger partial charge in [-0.2, -0.15) is 0 Å². The smallest absolute Gasteiger partial charge is 0.232 e. The van der Waals surface area contributed by atoms with Crippen molar-refractivity contribution in [1.29, 1.82) is 0 Å². The highest BCUT2D eigenvalue weighted by Gasteiger charge is 2.03. The highest BCUT2D eigenvalue weighted by atomic mass is 32.3. The van der Waals surface area contributed by atoms with Crippen molar-refractivity contribution in [3.63, 3.8) is 0 Å². The molecule has 0 aromatic carbocycles. The van der Waals surface area contributed by atoms with Crippen LogP contribution in [0.1, 0.15) is 15.6 Å². The van der Waals surface area contributed by atoms with Crippen LogP contribution in [-0.2, 0) is 14.6 Å². The van der Waals surface area contributed by atoms with E-state index in [1.165, 1.54) is 15.6 Å². The Morgan fingerprint density at radius 2 is 1.79 bits per heavy atom. The largest absolute Gasteiger partial charge is 0.726 e. The highest BCUT2D eigenvalue weighted by molar-refractivity contribution is 7.80. The molecule has 0 radical (unpaired) electrons. The molecule has 1 aromatic rings. The number of aryl methyl sites for hydroxylation is 3. The van der Waals surface area contributed by atoms with Gasteiger partial charge in [-0.1, -0.05) is 11.3 Å². The molecule has 14 heavy (non-hydrogen) atoms. The number of thiazole rings is 1. The van der Waals surface area contributed by atoms with Crippen LogP contribution in [0.4, 0.5) is 0 Å². The topological polar surface area (TPSA) is 80.6 Å². The van der Waals surface area contributed by atoms with Gasteiger partial charge in [0.2, 0.25) is 15.4 Å². The number of aromatic amines is 1. The third-order valence-corrected chi connectivity index (χ3v) is 2.83. The van der Waals surface area contributed by atoms with Crippen molar-refractivity contribution in [3.05, 3.63) is 15.6 Å². The fraction of sp³-hybridized carbons (Fsp3) is 0.571. The summed E-state index contributed by atoms with van der Waals surface area (Å²) in [6, 6.07) is 0. The summed E-state index contributed by atoms with van der Waals surface area (Å²) < 4.78 is 31.0. The number of hydrogen-bond donors (Lipinski definition) is 0. The van der Waals surface area contributed by atoms with E-state index >= 15 is 0 Å². The Hall–Kier alpha value is -0.500. The number of hydrogen-bond acceptors (Lipinski definition) is 5. The van der Waals surface area contributed by atoms with Crippen molar-refractivity contribution in [2.75, 3.05) is 7.11 Å². The molecule has 7 heteroatoms. The van der Waals surface area contributed by atoms with E-state index in [-0.39, 0.29) is 0 Å². The summed E-state index contributed by atoms with van der Waals surface area (Å²) >= 11 is 1.81. The van der Waals surface area contributed by atoms with E-state index < -0.39 is 10.4 Å². The van der Waals surface area contributed by atoms with Gasteiger partial charge in [0.15, 0.2) is 5.69 Å². The number of aromatic nitrogens is 1. The molecule has 0 amide bonds. The Kier molecular flexibility index (Phi) is 5.21. The third kappa shape index (κ3) is 6.03. The summed E-state index contributed by atoms with van der Waals surface area (Å²) in [5, 5.41) is 1.29. The Labute approximate surface area is 87.7 Å². The maximum Gasteiger partial charge on any atom is 0.232 e. The van der Waals surface area contributed by atoms with Crippen LogP contribution in [0.3, 0.4) is 0 Å². The lowest BCUT2D eigenvalue weighted by Gasteiger charge is -1.98. The van der Waals surface area contributed by atoms with Gasteiger partial charge in [-0.3, -0.25) is 4.18 Å². The van der Waals surface area contributed by atoms with Gasteiger partial charge in [-0.25, -0.2) is 13.4 Å². The number of H-pyrrole nitrogens is 1. The van der Waals surface area contributed by atoms with Crippen molar-refractivity contribution in [3.8, 4) is 0 Å². The van der Waals surface area contributed by atoms with Crippen molar-refractivity contribution in [2.24, 2.45) is 0 Å². The highest BCUT2D eigenvalue weighted by Crippen LogP contribution is 2.09. The maximum atomic E-state index is 9.22. The summed E-state index contributed by atoms with van der Waals surface area (Å²) in [5.41, 5.74) is 1.30. The predicted octanol–water partition coefficient (Wildman–Crippen LogP) is 0.580. The molecule has 1 rings (SSSR count). The maximum absolute atomic E-state index is 9.22. The molecule has 0 saturated carbocycles. The van der Waals surface area contributed by atoms with Crippen LogP contribution in [0.15, 0.2) is 0 Å². The zero-order valence-electron chi connectivity index (χ0n) is 8.45. The van der Waals surface area contributed by atoms with Crippen LogP contribution >= 0.6 is 11.3 Å². The summed E-state index contributed by atoms with van der Waals surface area (Å²) in [6.45, 7) is 6.31. The first kappa shape index (κ1) is 13.5. The van der Waals surface area contributed by atoms with Gasteiger partial charge in [-0.15, -0.1) is 0 Å². The molecule has 0 fully saturated rings. The molecule has 0 aliphatic heterocycles. The second kappa shape index (κ2) is 5.40. The molecule has 0 bridgehead atoms. The Bertz CT molecular complexity index is 363. The van der Waals surface area contributed by atoms with Crippen molar-refractivity contribution in [2.45, 2.75) is 20.8 Å². The lowest BCUT2D eigenvalue weighted by molar-refractivity contribution is -0.389. The molecule has 1 heterocycles. The average Bonchev–Trinajstić information content (AvgIpc) is 2.29. The average molecular weight is 239 g/mol. The van der Waals surface area contributed by atoms with Gasteiger partial charge in [0.05, 0.1) is 12.0 Å². The molecule has 0 spiro atoms. The SMILES string of the molecule is COS(=O)(=O)[O-].Cc1[nH+]c(C)c(C)s1. The lowest BCUT2D eigenvalue weighted by Crippen LogP contribution is -2.03. The quantitative estimate of drug-likeness (QED) is 0.530. The van der Waals surface area contributed by atoms with Gasteiger partial charge >= 0.3 is 0 Å². The van der Waals surface area contributed by atoms with Crippen LogP contribution in [0.5, 0.6) is 0 Å². The molecule has 0 aliphatic rings. The van der Waals surface area contributed by atoms with E-state index in [4.69, 9.17) is 0 Å². The standard InChI is InChI=1S/C6H9NS.CH4O4S/c1-4-5(2)8-6(3)7-4;1-5-6(2,3)4/h1-3H3;1H3,(H,2,3,4). The number of nitrogens with one attached hydrogen (secondary N) is 1. The summed E-state index contributed by atoms with van der Waals surface area (Å²) in [4.78, 5) is 4.62. The first-order valence-electron chi connectivity index (χ1n) is 3.73. The normalized spacial score (nSPS) is 10.6. The van der Waals surface area contributed by atoms with E-state index in [0.29, 0.717) is 0 Å². The fourth-order valence-electron chi connectivity index (χ4n) is 0.684. The van der Waals surface area contributed by atoms with Crippen molar-refractivity contribution >= 4 is 21.7 Å². The van der Waals surface area contributed by atoms with E-state index in [0.717, 1.165) is 7.11 Å². The summed E-state index contributed by atoms with van der Waals surface area (Å²) in [7, 11) is -3.60. The first-order chi connectivity index (χ1) is 6.26. The summed E-state index contributed by atoms with van der Waals surface area (Å²) in [5.74, 6) is 0. The van der Waals surface area contributed by atoms with Gasteiger partial charge in [0.1, 0.15) is 0 Å². The van der Waals surface area contributed by atoms with Crippen molar-refractivity contribution in [1.82, 2.24) is 0 Å². The van der Waals surface area contributed by atoms with E-state index in [1.807, 2.05) is 11.3 Å². The molecule has 5 nitrogen and oxygen atoms in total. The first-order valence-corrected chi connectivity index (χ1v) is 5.88. The zero-order valence-corrected chi connectivity index (χ0v) is 10.1. The predicted molar refractivity (Wildman–Crippen MR) is 51.8 cm³/mol. The Morgan fingerprint density at radius 1 is 1.36 bits per heavy atom. The molecule has 0 atom stereocenters. The monoisotopic (exact) mass is 239 g/mol. The van der Waals surface area contributed by atoms with E-state index in [1.54, 1.807) is 0 Å². The molecule has 0 saturated heterocycles. The Balaban J connectivity index is 0.000000255. The van der Waals surface area contributed by atoms with Gasteiger partial charge in [0.25, 0.3) is 0 Å². The van der Waals surface area contributed by atoms with E-state index in [2.05, 4.69) is 29.9 Å². The summed E-state index contributed by atoms with van der Waals surface area (Å²) in [6.07, 6.45) is 0. The molecule has 1 aromatic heterocycles. The number of rotatable bonds is 1. The van der Waals surface area contributed by atoms with Crippen LogP contribution in [0, 0.1) is 20.8 Å². The molecular weight excluding hydrogens is 226 g/mol. The van der Waals surface area contributed by atoms with Crippen LogP contribution in [-0.4, -0.2) is 20.1 Å². The molecule has 0 aliphatic carbocycles. The lowest BCUT2D eigenvalue weighted by atomic mass is 10.4. The molecule has 82 valence electrons. The second-order valence-corrected chi connectivity index (χ2v) is 5.12. The molecule has 0 unspecified atom stereocenters. The minimum Gasteiger partial charge on any atom is -0.726 e. The second-order valence-electron chi connectivity index (χ2n) is 2.54. The van der Waals surface area contributed by atoms with E-state index in [9.17, 15) is 13.0 Å².